The molecular weight excluding hydrogens is 408 g/mol. The zero-order valence-electron chi connectivity index (χ0n) is 19.9. The molecule has 1 aliphatic heterocycles. The number of piperazine rings is 1. The molecule has 10 heteroatoms. The van der Waals surface area contributed by atoms with Crippen LogP contribution in [-0.2, 0) is 28.5 Å². The highest BCUT2D eigenvalue weighted by atomic mass is 16.6. The van der Waals surface area contributed by atoms with E-state index in [4.69, 9.17) is 18.9 Å². The largest absolute Gasteiger partial charge is 0.467 e. The Balaban J connectivity index is 3.27. The first-order chi connectivity index (χ1) is 14.2. The number of rotatable bonds is 5. The highest BCUT2D eigenvalue weighted by Gasteiger charge is 2.47. The van der Waals surface area contributed by atoms with Crippen molar-refractivity contribution in [2.75, 3.05) is 26.8 Å². The minimum atomic E-state index is -1.16. The number of esters is 2. The van der Waals surface area contributed by atoms with E-state index in [9.17, 15) is 19.2 Å². The van der Waals surface area contributed by atoms with Crippen LogP contribution in [0.1, 0.15) is 61.3 Å². The molecule has 178 valence electrons. The van der Waals surface area contributed by atoms with Crippen molar-refractivity contribution in [3.05, 3.63) is 0 Å². The Bertz CT molecular complexity index is 665. The second kappa shape index (κ2) is 10.7. The quantitative estimate of drug-likeness (QED) is 0.470. The van der Waals surface area contributed by atoms with E-state index in [2.05, 4.69) is 0 Å². The zero-order chi connectivity index (χ0) is 24.0. The minimum Gasteiger partial charge on any atom is -0.467 e. The first-order valence-electron chi connectivity index (χ1n) is 10.4. The molecule has 1 heterocycles. The third kappa shape index (κ3) is 8.26. The van der Waals surface area contributed by atoms with Gasteiger partial charge in [0.2, 0.25) is 0 Å². The van der Waals surface area contributed by atoms with Crippen molar-refractivity contribution in [3.63, 3.8) is 0 Å². The molecule has 0 saturated carbocycles. The minimum absolute atomic E-state index is 0.0455. The maximum Gasteiger partial charge on any atom is 0.411 e. The van der Waals surface area contributed by atoms with Crippen LogP contribution in [0.15, 0.2) is 0 Å². The van der Waals surface area contributed by atoms with Gasteiger partial charge in [-0.2, -0.15) is 0 Å². The van der Waals surface area contributed by atoms with E-state index >= 15 is 0 Å². The van der Waals surface area contributed by atoms with Gasteiger partial charge in [-0.1, -0.05) is 0 Å². The smallest absolute Gasteiger partial charge is 0.411 e. The van der Waals surface area contributed by atoms with Gasteiger partial charge < -0.3 is 23.8 Å². The molecule has 0 N–H and O–H groups in total. The van der Waals surface area contributed by atoms with Crippen LogP contribution < -0.4 is 0 Å². The third-order valence-corrected chi connectivity index (χ3v) is 4.33. The third-order valence-electron chi connectivity index (χ3n) is 4.33. The van der Waals surface area contributed by atoms with Gasteiger partial charge in [-0.15, -0.1) is 0 Å². The van der Waals surface area contributed by atoms with Crippen molar-refractivity contribution in [1.82, 2.24) is 9.80 Å². The van der Waals surface area contributed by atoms with E-state index < -0.39 is 47.4 Å². The normalized spacial score (nSPS) is 19.5. The molecule has 0 aromatic heterocycles. The predicted molar refractivity (Wildman–Crippen MR) is 111 cm³/mol. The van der Waals surface area contributed by atoms with Gasteiger partial charge in [-0.3, -0.25) is 9.69 Å². The summed E-state index contributed by atoms with van der Waals surface area (Å²) in [6.07, 6.45) is -1.31. The van der Waals surface area contributed by atoms with E-state index in [1.165, 1.54) is 16.9 Å². The Kier molecular flexibility index (Phi) is 9.13. The maximum atomic E-state index is 12.9. The average Bonchev–Trinajstić information content (AvgIpc) is 2.62. The summed E-state index contributed by atoms with van der Waals surface area (Å²) in [5.41, 5.74) is -1.54. The number of hydrogen-bond donors (Lipinski definition) is 0. The van der Waals surface area contributed by atoms with Crippen LogP contribution >= 0.6 is 0 Å². The van der Waals surface area contributed by atoms with Gasteiger partial charge in [0.05, 0.1) is 19.8 Å². The predicted octanol–water partition coefficient (Wildman–Crippen LogP) is 2.73. The van der Waals surface area contributed by atoms with Gasteiger partial charge in [0.1, 0.15) is 11.2 Å². The van der Waals surface area contributed by atoms with E-state index in [0.29, 0.717) is 0 Å². The van der Waals surface area contributed by atoms with Gasteiger partial charge in [0.25, 0.3) is 0 Å². The summed E-state index contributed by atoms with van der Waals surface area (Å²) in [5, 5.41) is 0. The lowest BCUT2D eigenvalue weighted by Crippen LogP contribution is -2.66. The van der Waals surface area contributed by atoms with Gasteiger partial charge in [-0.05, 0) is 54.9 Å². The molecule has 1 saturated heterocycles. The van der Waals surface area contributed by atoms with Crippen molar-refractivity contribution in [2.45, 2.75) is 84.6 Å². The summed E-state index contributed by atoms with van der Waals surface area (Å²) >= 11 is 0. The zero-order valence-corrected chi connectivity index (χ0v) is 19.9. The molecule has 0 radical (unpaired) electrons. The van der Waals surface area contributed by atoms with Crippen molar-refractivity contribution < 1.29 is 38.1 Å². The molecule has 0 spiro atoms. The molecular formula is C21H36N2O8. The summed E-state index contributed by atoms with van der Waals surface area (Å²) in [4.78, 5) is 53.0. The molecule has 0 aliphatic carbocycles. The topological polar surface area (TPSA) is 112 Å². The van der Waals surface area contributed by atoms with Gasteiger partial charge in [0.15, 0.2) is 6.04 Å². The average molecular weight is 445 g/mol. The van der Waals surface area contributed by atoms with Crippen molar-refractivity contribution in [1.29, 1.82) is 0 Å². The number of carbonyl (C=O) groups excluding carboxylic acids is 4. The molecule has 1 rings (SSSR count). The standard InChI is InChI=1S/C21H36N2O8/c1-9-29-15(24)11-10-14-16(17(25)28-8)23(19(27)31-21(5,6)7)13-12-22(14)18(26)30-20(2,3)4/h14,16H,9-13H2,1-8H3/t14-,16?/m0/s1. The van der Waals surface area contributed by atoms with Crippen molar-refractivity contribution >= 4 is 24.1 Å². The number of hydrogen-bond acceptors (Lipinski definition) is 8. The highest BCUT2D eigenvalue weighted by molar-refractivity contribution is 5.84. The molecule has 2 amide bonds. The molecule has 10 nitrogen and oxygen atoms in total. The van der Waals surface area contributed by atoms with Crippen LogP contribution in [0.25, 0.3) is 0 Å². The fraction of sp³-hybridized carbons (Fsp3) is 0.810. The molecule has 0 aromatic rings. The maximum absolute atomic E-state index is 12.9. The summed E-state index contributed by atoms with van der Waals surface area (Å²) in [6, 6.07) is -2.01. The molecule has 1 fully saturated rings. The van der Waals surface area contributed by atoms with Crippen LogP contribution in [0.5, 0.6) is 0 Å². The Hall–Kier alpha value is -2.52. The van der Waals surface area contributed by atoms with E-state index in [0.717, 1.165) is 0 Å². The Morgan fingerprint density at radius 1 is 0.871 bits per heavy atom. The Morgan fingerprint density at radius 2 is 1.35 bits per heavy atom. The monoisotopic (exact) mass is 444 g/mol. The van der Waals surface area contributed by atoms with Crippen LogP contribution in [0.2, 0.25) is 0 Å². The lowest BCUT2D eigenvalue weighted by molar-refractivity contribution is -0.153. The van der Waals surface area contributed by atoms with Crippen LogP contribution in [0, 0.1) is 0 Å². The summed E-state index contributed by atoms with van der Waals surface area (Å²) in [6.45, 7) is 12.4. The lowest BCUT2D eigenvalue weighted by atomic mass is 9.97. The number of ether oxygens (including phenoxy) is 4. The Labute approximate surface area is 184 Å². The molecule has 31 heavy (non-hydrogen) atoms. The highest BCUT2D eigenvalue weighted by Crippen LogP contribution is 2.27. The Morgan fingerprint density at radius 3 is 1.81 bits per heavy atom. The molecule has 0 aromatic carbocycles. The number of methoxy groups -OCH3 is 1. The number of carbonyl (C=O) groups is 4. The summed E-state index contributed by atoms with van der Waals surface area (Å²) < 4.78 is 20.8. The van der Waals surface area contributed by atoms with E-state index in [-0.39, 0.29) is 32.5 Å². The second-order valence-electron chi connectivity index (χ2n) is 9.23. The molecule has 0 bridgehead atoms. The SMILES string of the molecule is CCOC(=O)CC[C@H]1C(C(=O)OC)N(C(=O)OC(C)(C)C)CCN1C(=O)OC(C)(C)C. The molecule has 2 atom stereocenters. The van der Waals surface area contributed by atoms with Crippen molar-refractivity contribution in [3.8, 4) is 0 Å². The van der Waals surface area contributed by atoms with Crippen LogP contribution in [-0.4, -0.2) is 84.0 Å². The summed E-state index contributed by atoms with van der Waals surface area (Å²) in [5.74, 6) is -1.18. The van der Waals surface area contributed by atoms with Crippen molar-refractivity contribution in [2.24, 2.45) is 0 Å². The van der Waals surface area contributed by atoms with E-state index in [1.54, 1.807) is 48.5 Å². The fourth-order valence-corrected chi connectivity index (χ4v) is 3.19. The summed E-state index contributed by atoms with van der Waals surface area (Å²) in [7, 11) is 1.20. The second-order valence-corrected chi connectivity index (χ2v) is 9.23. The van der Waals surface area contributed by atoms with Gasteiger partial charge in [-0.25, -0.2) is 14.4 Å². The molecule has 1 unspecified atom stereocenters. The molecule has 1 aliphatic rings. The van der Waals surface area contributed by atoms with Gasteiger partial charge >= 0.3 is 24.1 Å². The van der Waals surface area contributed by atoms with Gasteiger partial charge in [0, 0.05) is 19.5 Å². The lowest BCUT2D eigenvalue weighted by Gasteiger charge is -2.46. The first kappa shape index (κ1) is 26.5. The fourth-order valence-electron chi connectivity index (χ4n) is 3.19. The van der Waals surface area contributed by atoms with Crippen LogP contribution in [0.3, 0.4) is 0 Å². The first-order valence-corrected chi connectivity index (χ1v) is 10.4. The number of amides is 2. The van der Waals surface area contributed by atoms with E-state index in [1.807, 2.05) is 0 Å². The van der Waals surface area contributed by atoms with Crippen LogP contribution in [0.4, 0.5) is 9.59 Å². The number of nitrogens with zero attached hydrogens (tertiary/aromatic N) is 2.